The highest BCUT2D eigenvalue weighted by Crippen LogP contribution is 2.24. The zero-order valence-corrected chi connectivity index (χ0v) is 10.6. The molecule has 5 nitrogen and oxygen atoms in total. The monoisotopic (exact) mass is 262 g/mol. The van der Waals surface area contributed by atoms with Gasteiger partial charge in [-0.1, -0.05) is 0 Å². The summed E-state index contributed by atoms with van der Waals surface area (Å²) in [5, 5.41) is 9.38. The molecule has 7 heteroatoms. The average Bonchev–Trinajstić information content (AvgIpc) is 2.06. The van der Waals surface area contributed by atoms with Crippen LogP contribution in [0.25, 0.3) is 0 Å². The molecule has 0 unspecified atom stereocenters. The lowest BCUT2D eigenvalue weighted by atomic mass is 10.1. The molecular weight excluding hydrogens is 247 g/mol. The maximum absolute atomic E-state index is 12.9. The molecule has 0 aromatic heterocycles. The van der Waals surface area contributed by atoms with E-state index in [-0.39, 0.29) is 11.4 Å². The van der Waals surface area contributed by atoms with Crippen molar-refractivity contribution < 1.29 is 17.9 Å². The number of hydrogen-bond donors (Lipinski definition) is 3. The summed E-state index contributed by atoms with van der Waals surface area (Å²) in [4.78, 5) is 0. The summed E-state index contributed by atoms with van der Waals surface area (Å²) >= 11 is 0. The maximum atomic E-state index is 12.9. The van der Waals surface area contributed by atoms with Crippen LogP contribution < -0.4 is 9.44 Å². The number of anilines is 1. The van der Waals surface area contributed by atoms with Crippen LogP contribution in [0.1, 0.15) is 20.8 Å². The number of hydrogen-bond acceptors (Lipinski definition) is 3. The topological polar surface area (TPSA) is 78.4 Å². The molecule has 1 rings (SSSR count). The van der Waals surface area contributed by atoms with Crippen LogP contribution in [-0.4, -0.2) is 19.1 Å². The van der Waals surface area contributed by atoms with E-state index in [0.29, 0.717) is 0 Å². The number of phenols is 1. The minimum atomic E-state index is -3.86. The minimum absolute atomic E-state index is 0.207. The van der Waals surface area contributed by atoms with E-state index in [1.54, 1.807) is 20.8 Å². The molecule has 3 N–H and O–H groups in total. The van der Waals surface area contributed by atoms with Crippen molar-refractivity contribution in [3.05, 3.63) is 24.0 Å². The Labute approximate surface area is 99.8 Å². The van der Waals surface area contributed by atoms with Gasteiger partial charge >= 0.3 is 0 Å². The summed E-state index contributed by atoms with van der Waals surface area (Å²) in [6.07, 6.45) is 0. The summed E-state index contributed by atoms with van der Waals surface area (Å²) in [5.41, 5.74) is -0.879. The molecule has 0 amide bonds. The predicted molar refractivity (Wildman–Crippen MR) is 63.5 cm³/mol. The fraction of sp³-hybridized carbons (Fsp3) is 0.400. The van der Waals surface area contributed by atoms with Crippen LogP contribution in [-0.2, 0) is 10.2 Å². The Morgan fingerprint density at radius 2 is 1.88 bits per heavy atom. The van der Waals surface area contributed by atoms with Gasteiger partial charge in [-0.2, -0.15) is 13.1 Å². The second-order valence-electron chi connectivity index (χ2n) is 4.62. The first kappa shape index (κ1) is 13.7. The zero-order valence-electron chi connectivity index (χ0n) is 9.78. The van der Waals surface area contributed by atoms with Crippen molar-refractivity contribution in [2.75, 3.05) is 4.72 Å². The quantitative estimate of drug-likeness (QED) is 0.724. The molecule has 0 radical (unpaired) electrons. The molecule has 0 atom stereocenters. The molecule has 0 heterocycles. The van der Waals surface area contributed by atoms with E-state index in [9.17, 15) is 17.9 Å². The highest BCUT2D eigenvalue weighted by molar-refractivity contribution is 7.90. The van der Waals surface area contributed by atoms with Gasteiger partial charge in [-0.3, -0.25) is 4.72 Å². The van der Waals surface area contributed by atoms with Gasteiger partial charge in [-0.25, -0.2) is 4.39 Å². The molecular formula is C10H15FN2O3S. The predicted octanol–water partition coefficient (Wildman–Crippen LogP) is 1.58. The molecule has 17 heavy (non-hydrogen) atoms. The number of aromatic hydroxyl groups is 1. The number of nitrogens with one attached hydrogen (secondary N) is 2. The number of rotatable bonds is 3. The SMILES string of the molecule is CC(C)(C)NS(=O)(=O)Nc1cc(F)ccc1O. The molecule has 1 aromatic carbocycles. The van der Waals surface area contributed by atoms with Crippen LogP contribution in [0, 0.1) is 5.82 Å². The van der Waals surface area contributed by atoms with E-state index in [1.165, 1.54) is 0 Å². The summed E-state index contributed by atoms with van der Waals surface area (Å²) in [5.74, 6) is -0.984. The van der Waals surface area contributed by atoms with Crippen LogP contribution in [0.5, 0.6) is 5.75 Å². The lowest BCUT2D eigenvalue weighted by molar-refractivity contribution is 0.474. The third kappa shape index (κ3) is 4.58. The van der Waals surface area contributed by atoms with Crippen LogP contribution in [0.4, 0.5) is 10.1 Å². The number of phenolic OH excluding ortho intramolecular Hbond substituents is 1. The first-order valence-electron chi connectivity index (χ1n) is 4.89. The van der Waals surface area contributed by atoms with E-state index in [4.69, 9.17) is 0 Å². The Kier molecular flexibility index (Phi) is 3.63. The van der Waals surface area contributed by atoms with Gasteiger partial charge in [0.15, 0.2) is 0 Å². The van der Waals surface area contributed by atoms with Crippen molar-refractivity contribution >= 4 is 15.9 Å². The summed E-state index contributed by atoms with van der Waals surface area (Å²) in [6.45, 7) is 4.99. The van der Waals surface area contributed by atoms with Crippen LogP contribution in [0.2, 0.25) is 0 Å². The summed E-state index contributed by atoms with van der Waals surface area (Å²) < 4.78 is 40.5. The second-order valence-corrected chi connectivity index (χ2v) is 6.03. The third-order valence-electron chi connectivity index (χ3n) is 1.64. The van der Waals surface area contributed by atoms with Gasteiger partial charge in [0.1, 0.15) is 11.6 Å². The van der Waals surface area contributed by atoms with Gasteiger partial charge in [0.2, 0.25) is 0 Å². The summed E-state index contributed by atoms with van der Waals surface area (Å²) in [6, 6.07) is 3.01. The van der Waals surface area contributed by atoms with Gasteiger partial charge in [-0.15, -0.1) is 0 Å². The standard InChI is InChI=1S/C10H15FN2O3S/c1-10(2,3)13-17(15,16)12-8-6-7(11)4-5-9(8)14/h4-6,12-14H,1-3H3. The van der Waals surface area contributed by atoms with Gasteiger partial charge in [0.05, 0.1) is 5.69 Å². The lowest BCUT2D eigenvalue weighted by Crippen LogP contribution is -2.43. The largest absolute Gasteiger partial charge is 0.506 e. The normalized spacial score (nSPS) is 12.5. The molecule has 0 bridgehead atoms. The van der Waals surface area contributed by atoms with Crippen molar-refractivity contribution in [1.29, 1.82) is 0 Å². The smallest absolute Gasteiger partial charge is 0.299 e. The third-order valence-corrected chi connectivity index (χ3v) is 3.01. The van der Waals surface area contributed by atoms with Gasteiger partial charge in [-0.05, 0) is 32.9 Å². The first-order valence-corrected chi connectivity index (χ1v) is 6.38. The van der Waals surface area contributed by atoms with Gasteiger partial charge in [0, 0.05) is 11.6 Å². The molecule has 0 aliphatic heterocycles. The van der Waals surface area contributed by atoms with Gasteiger partial charge in [0.25, 0.3) is 10.2 Å². The van der Waals surface area contributed by atoms with E-state index in [1.807, 2.05) is 0 Å². The van der Waals surface area contributed by atoms with E-state index < -0.39 is 21.6 Å². The highest BCUT2D eigenvalue weighted by atomic mass is 32.2. The van der Waals surface area contributed by atoms with E-state index >= 15 is 0 Å². The molecule has 0 aliphatic carbocycles. The summed E-state index contributed by atoms with van der Waals surface area (Å²) in [7, 11) is -3.86. The Hall–Kier alpha value is -1.34. The highest BCUT2D eigenvalue weighted by Gasteiger charge is 2.20. The van der Waals surface area contributed by atoms with Crippen molar-refractivity contribution in [3.8, 4) is 5.75 Å². The Morgan fingerprint density at radius 3 is 2.41 bits per heavy atom. The molecule has 0 saturated carbocycles. The Balaban J connectivity index is 2.94. The number of benzene rings is 1. The van der Waals surface area contributed by atoms with Crippen LogP contribution >= 0.6 is 0 Å². The Bertz CT molecular complexity index is 509. The number of halogens is 1. The molecule has 0 spiro atoms. The molecule has 0 saturated heterocycles. The maximum Gasteiger partial charge on any atom is 0.299 e. The fourth-order valence-electron chi connectivity index (χ4n) is 1.16. The van der Waals surface area contributed by atoms with E-state index in [2.05, 4.69) is 9.44 Å². The molecule has 0 fully saturated rings. The first-order chi connectivity index (χ1) is 7.59. The van der Waals surface area contributed by atoms with Crippen LogP contribution in [0.3, 0.4) is 0 Å². The average molecular weight is 262 g/mol. The van der Waals surface area contributed by atoms with Crippen molar-refractivity contribution in [2.45, 2.75) is 26.3 Å². The second kappa shape index (κ2) is 4.50. The van der Waals surface area contributed by atoms with E-state index in [0.717, 1.165) is 18.2 Å². The van der Waals surface area contributed by atoms with Crippen molar-refractivity contribution in [3.63, 3.8) is 0 Å². The molecule has 0 aliphatic rings. The van der Waals surface area contributed by atoms with Crippen LogP contribution in [0.15, 0.2) is 18.2 Å². The van der Waals surface area contributed by atoms with Gasteiger partial charge < -0.3 is 5.11 Å². The molecule has 96 valence electrons. The zero-order chi connectivity index (χ0) is 13.3. The van der Waals surface area contributed by atoms with Crippen molar-refractivity contribution in [2.24, 2.45) is 0 Å². The van der Waals surface area contributed by atoms with Crippen molar-refractivity contribution in [1.82, 2.24) is 4.72 Å². The Morgan fingerprint density at radius 1 is 1.29 bits per heavy atom. The lowest BCUT2D eigenvalue weighted by Gasteiger charge is -2.21. The fourth-order valence-corrected chi connectivity index (χ4v) is 2.47. The molecule has 1 aromatic rings. The minimum Gasteiger partial charge on any atom is -0.506 e.